The third-order valence-corrected chi connectivity index (χ3v) is 4.96. The molecule has 0 aromatic heterocycles. The van der Waals surface area contributed by atoms with Gasteiger partial charge < -0.3 is 15.0 Å². The maximum absolute atomic E-state index is 13.0. The van der Waals surface area contributed by atoms with Crippen LogP contribution in [0.1, 0.15) is 19.8 Å². The fraction of sp³-hybridized carbons (Fsp3) is 0.611. The Balaban J connectivity index is 1.44. The molecule has 0 unspecified atom stereocenters. The van der Waals surface area contributed by atoms with Crippen molar-refractivity contribution >= 4 is 11.6 Å². The highest BCUT2D eigenvalue weighted by Crippen LogP contribution is 2.18. The number of rotatable bonds is 5. The number of piperazine rings is 1. The van der Waals surface area contributed by atoms with Crippen LogP contribution >= 0.6 is 0 Å². The highest BCUT2D eigenvalue weighted by molar-refractivity contribution is 5.81. The van der Waals surface area contributed by atoms with Crippen LogP contribution in [0.5, 0.6) is 0 Å². The Labute approximate surface area is 142 Å². The fourth-order valence-electron chi connectivity index (χ4n) is 3.35. The average Bonchev–Trinajstić information content (AvgIpc) is 3.13. The van der Waals surface area contributed by atoms with Crippen LogP contribution in [0.15, 0.2) is 24.3 Å². The van der Waals surface area contributed by atoms with E-state index in [4.69, 9.17) is 4.74 Å². The van der Waals surface area contributed by atoms with Crippen molar-refractivity contribution < 1.29 is 13.9 Å². The Morgan fingerprint density at radius 1 is 1.29 bits per heavy atom. The summed E-state index contributed by atoms with van der Waals surface area (Å²) in [6.45, 7) is 6.71. The summed E-state index contributed by atoms with van der Waals surface area (Å²) in [6.07, 6.45) is 2.29. The van der Waals surface area contributed by atoms with Gasteiger partial charge in [-0.1, -0.05) is 0 Å². The SMILES string of the molecule is C[C@@H](C(=O)NC[C@H]1CCCO1)N1CCN(c2ccc(F)cc2)CC1. The minimum absolute atomic E-state index is 0.0701. The van der Waals surface area contributed by atoms with Crippen LogP contribution in [0.3, 0.4) is 0 Å². The summed E-state index contributed by atoms with van der Waals surface area (Å²) in [4.78, 5) is 16.8. The number of amides is 1. The lowest BCUT2D eigenvalue weighted by molar-refractivity contribution is -0.126. The molecule has 5 nitrogen and oxygen atoms in total. The quantitative estimate of drug-likeness (QED) is 0.888. The molecule has 0 radical (unpaired) electrons. The number of carbonyl (C=O) groups excluding carboxylic acids is 1. The molecule has 1 aromatic rings. The molecule has 2 fully saturated rings. The van der Waals surface area contributed by atoms with Crippen LogP contribution < -0.4 is 10.2 Å². The molecule has 1 N–H and O–H groups in total. The summed E-state index contributed by atoms with van der Waals surface area (Å²) in [5.41, 5.74) is 1.03. The molecule has 132 valence electrons. The average molecular weight is 335 g/mol. The summed E-state index contributed by atoms with van der Waals surface area (Å²) < 4.78 is 18.6. The van der Waals surface area contributed by atoms with Gasteiger partial charge in [0.05, 0.1) is 12.1 Å². The van der Waals surface area contributed by atoms with Gasteiger partial charge in [0.2, 0.25) is 5.91 Å². The Morgan fingerprint density at radius 2 is 2.00 bits per heavy atom. The van der Waals surface area contributed by atoms with Gasteiger partial charge in [-0.25, -0.2) is 4.39 Å². The molecule has 2 aliphatic rings. The van der Waals surface area contributed by atoms with E-state index in [2.05, 4.69) is 15.1 Å². The lowest BCUT2D eigenvalue weighted by atomic mass is 10.2. The third-order valence-electron chi connectivity index (χ3n) is 4.96. The molecule has 6 heteroatoms. The second-order valence-electron chi connectivity index (χ2n) is 6.56. The first-order chi connectivity index (χ1) is 11.6. The molecule has 0 bridgehead atoms. The van der Waals surface area contributed by atoms with E-state index in [9.17, 15) is 9.18 Å². The molecule has 3 rings (SSSR count). The predicted octanol–water partition coefficient (Wildman–Crippen LogP) is 1.63. The zero-order chi connectivity index (χ0) is 16.9. The first-order valence-electron chi connectivity index (χ1n) is 8.77. The molecule has 0 saturated carbocycles. The number of hydrogen-bond donors (Lipinski definition) is 1. The number of benzene rings is 1. The molecule has 0 aliphatic carbocycles. The van der Waals surface area contributed by atoms with Crippen molar-refractivity contribution in [3.05, 3.63) is 30.1 Å². The van der Waals surface area contributed by atoms with E-state index >= 15 is 0 Å². The lowest BCUT2D eigenvalue weighted by Gasteiger charge is -2.38. The fourth-order valence-corrected chi connectivity index (χ4v) is 3.35. The van der Waals surface area contributed by atoms with Crippen molar-refractivity contribution in [1.82, 2.24) is 10.2 Å². The van der Waals surface area contributed by atoms with Gasteiger partial charge >= 0.3 is 0 Å². The minimum atomic E-state index is -0.214. The first kappa shape index (κ1) is 17.2. The van der Waals surface area contributed by atoms with Gasteiger partial charge in [0.25, 0.3) is 0 Å². The summed E-state index contributed by atoms with van der Waals surface area (Å²) in [7, 11) is 0. The van der Waals surface area contributed by atoms with Gasteiger partial charge in [0.1, 0.15) is 5.82 Å². The highest BCUT2D eigenvalue weighted by Gasteiger charge is 2.26. The second-order valence-corrected chi connectivity index (χ2v) is 6.56. The minimum Gasteiger partial charge on any atom is -0.376 e. The van der Waals surface area contributed by atoms with Crippen LogP contribution in [-0.4, -0.2) is 62.3 Å². The Hall–Kier alpha value is -1.66. The largest absolute Gasteiger partial charge is 0.376 e. The second kappa shape index (κ2) is 7.94. The molecule has 1 amide bonds. The van der Waals surface area contributed by atoms with E-state index < -0.39 is 0 Å². The maximum Gasteiger partial charge on any atom is 0.237 e. The maximum atomic E-state index is 13.0. The lowest BCUT2D eigenvalue weighted by Crippen LogP contribution is -2.54. The van der Waals surface area contributed by atoms with Crippen molar-refractivity contribution in [3.8, 4) is 0 Å². The van der Waals surface area contributed by atoms with E-state index in [1.165, 1.54) is 12.1 Å². The Morgan fingerprint density at radius 3 is 2.62 bits per heavy atom. The molecule has 2 aliphatic heterocycles. The summed E-state index contributed by atoms with van der Waals surface area (Å²) >= 11 is 0. The van der Waals surface area contributed by atoms with E-state index in [-0.39, 0.29) is 23.9 Å². The van der Waals surface area contributed by atoms with Gasteiger partial charge in [0.15, 0.2) is 0 Å². The smallest absolute Gasteiger partial charge is 0.237 e. The molecule has 24 heavy (non-hydrogen) atoms. The molecule has 1 aromatic carbocycles. The van der Waals surface area contributed by atoms with Crippen molar-refractivity contribution in [1.29, 1.82) is 0 Å². The van der Waals surface area contributed by atoms with Crippen LogP contribution in [0, 0.1) is 5.82 Å². The summed E-state index contributed by atoms with van der Waals surface area (Å²) in [5.74, 6) is -0.144. The van der Waals surface area contributed by atoms with Gasteiger partial charge in [-0.15, -0.1) is 0 Å². The van der Waals surface area contributed by atoms with E-state index in [0.717, 1.165) is 51.3 Å². The Bertz CT molecular complexity index is 538. The number of carbonyl (C=O) groups is 1. The standard InChI is InChI=1S/C18H26FN3O2/c1-14(18(23)20-13-17-3-2-12-24-17)21-8-10-22(11-9-21)16-6-4-15(19)5-7-16/h4-7,14,17H,2-3,8-13H2,1H3,(H,20,23)/t14-,17+/m0/s1. The van der Waals surface area contributed by atoms with Crippen molar-refractivity contribution in [2.24, 2.45) is 0 Å². The zero-order valence-corrected chi connectivity index (χ0v) is 14.2. The van der Waals surface area contributed by atoms with E-state index in [1.807, 2.05) is 19.1 Å². The normalized spacial score (nSPS) is 23.2. The molecule has 0 spiro atoms. The van der Waals surface area contributed by atoms with Gasteiger partial charge in [0, 0.05) is 45.0 Å². The molecule has 2 saturated heterocycles. The number of ether oxygens (including phenoxy) is 1. The van der Waals surface area contributed by atoms with E-state index in [1.54, 1.807) is 0 Å². The van der Waals surface area contributed by atoms with Crippen LogP contribution in [0.2, 0.25) is 0 Å². The predicted molar refractivity (Wildman–Crippen MR) is 91.6 cm³/mol. The summed E-state index contributed by atoms with van der Waals surface area (Å²) in [5, 5.41) is 3.01. The topological polar surface area (TPSA) is 44.8 Å². The van der Waals surface area contributed by atoms with Gasteiger partial charge in [-0.05, 0) is 44.0 Å². The molecule has 2 atom stereocenters. The monoisotopic (exact) mass is 335 g/mol. The number of hydrogen-bond acceptors (Lipinski definition) is 4. The van der Waals surface area contributed by atoms with Gasteiger partial charge in [-0.3, -0.25) is 9.69 Å². The van der Waals surface area contributed by atoms with Crippen LogP contribution in [0.25, 0.3) is 0 Å². The first-order valence-corrected chi connectivity index (χ1v) is 8.77. The van der Waals surface area contributed by atoms with Crippen LogP contribution in [-0.2, 0) is 9.53 Å². The van der Waals surface area contributed by atoms with Crippen molar-refractivity contribution in [3.63, 3.8) is 0 Å². The molecule has 2 heterocycles. The number of nitrogens with zero attached hydrogens (tertiary/aromatic N) is 2. The highest BCUT2D eigenvalue weighted by atomic mass is 19.1. The Kier molecular flexibility index (Phi) is 5.68. The van der Waals surface area contributed by atoms with Gasteiger partial charge in [-0.2, -0.15) is 0 Å². The van der Waals surface area contributed by atoms with Crippen molar-refractivity contribution in [2.75, 3.05) is 44.2 Å². The van der Waals surface area contributed by atoms with E-state index in [0.29, 0.717) is 6.54 Å². The third kappa shape index (κ3) is 4.24. The van der Waals surface area contributed by atoms with Crippen molar-refractivity contribution in [2.45, 2.75) is 31.9 Å². The zero-order valence-electron chi connectivity index (χ0n) is 14.2. The van der Waals surface area contributed by atoms with Crippen LogP contribution in [0.4, 0.5) is 10.1 Å². The number of nitrogens with one attached hydrogen (secondary N) is 1. The molecular weight excluding hydrogens is 309 g/mol. The number of anilines is 1. The summed E-state index contributed by atoms with van der Waals surface area (Å²) in [6, 6.07) is 6.46. The number of halogens is 1. The molecular formula is C18H26FN3O2.